The van der Waals surface area contributed by atoms with Crippen LogP contribution in [0.3, 0.4) is 0 Å². The molecule has 0 bridgehead atoms. The molecule has 0 fully saturated rings. The van der Waals surface area contributed by atoms with E-state index in [1.54, 1.807) is 11.3 Å². The first-order valence-corrected chi connectivity index (χ1v) is 7.55. The van der Waals surface area contributed by atoms with Gasteiger partial charge in [-0.05, 0) is 13.1 Å². The lowest BCUT2D eigenvalue weighted by Crippen LogP contribution is -2.28. The third-order valence-corrected chi connectivity index (χ3v) is 3.81. The van der Waals surface area contributed by atoms with E-state index in [1.807, 2.05) is 5.38 Å². The molecule has 0 unspecified atom stereocenters. The maximum atomic E-state index is 11.0. The van der Waals surface area contributed by atoms with Gasteiger partial charge in [0.05, 0.1) is 19.2 Å². The number of thiazole rings is 1. The first-order valence-electron chi connectivity index (χ1n) is 6.67. The molecule has 1 aromatic heterocycles. The second kappa shape index (κ2) is 8.87. The molecule has 0 amide bonds. The first kappa shape index (κ1) is 15.9. The highest BCUT2D eigenvalue weighted by Gasteiger charge is 2.06. The molecule has 19 heavy (non-hydrogen) atoms. The van der Waals surface area contributed by atoms with Gasteiger partial charge < -0.3 is 15.0 Å². The van der Waals surface area contributed by atoms with Crippen molar-refractivity contribution in [1.29, 1.82) is 0 Å². The topological polar surface area (TPSA) is 54.5 Å². The zero-order valence-corrected chi connectivity index (χ0v) is 12.8. The fourth-order valence-electron chi connectivity index (χ4n) is 1.70. The predicted octanol–water partition coefficient (Wildman–Crippen LogP) is 2.00. The van der Waals surface area contributed by atoms with Crippen LogP contribution >= 0.6 is 11.3 Å². The summed E-state index contributed by atoms with van der Waals surface area (Å²) in [6.07, 6.45) is 1.03. The van der Waals surface area contributed by atoms with Crippen LogP contribution < -0.4 is 5.32 Å². The number of anilines is 1. The summed E-state index contributed by atoms with van der Waals surface area (Å²) in [5, 5.41) is 6.23. The van der Waals surface area contributed by atoms with Crippen molar-refractivity contribution in [2.75, 3.05) is 38.6 Å². The largest absolute Gasteiger partial charge is 0.469 e. The van der Waals surface area contributed by atoms with Gasteiger partial charge in [-0.15, -0.1) is 11.3 Å². The summed E-state index contributed by atoms with van der Waals surface area (Å²) in [6, 6.07) is 0. The minimum absolute atomic E-state index is 0.191. The lowest BCUT2D eigenvalue weighted by Gasteiger charge is -2.17. The van der Waals surface area contributed by atoms with Gasteiger partial charge in [0.2, 0.25) is 0 Å². The minimum Gasteiger partial charge on any atom is -0.469 e. The van der Waals surface area contributed by atoms with Gasteiger partial charge in [0, 0.05) is 24.9 Å². The van der Waals surface area contributed by atoms with E-state index in [-0.39, 0.29) is 5.97 Å². The van der Waals surface area contributed by atoms with E-state index < -0.39 is 0 Å². The van der Waals surface area contributed by atoms with Crippen LogP contribution in [-0.2, 0) is 16.0 Å². The number of esters is 1. The zero-order valence-electron chi connectivity index (χ0n) is 11.9. The number of hydrogen-bond acceptors (Lipinski definition) is 6. The predicted molar refractivity (Wildman–Crippen MR) is 78.7 cm³/mol. The second-order valence-corrected chi connectivity index (χ2v) is 5.03. The fraction of sp³-hybridized carbons (Fsp3) is 0.692. The average Bonchev–Trinajstić information content (AvgIpc) is 2.89. The first-order chi connectivity index (χ1) is 9.19. The average molecular weight is 285 g/mol. The molecule has 0 spiro atoms. The Morgan fingerprint density at radius 1 is 1.47 bits per heavy atom. The van der Waals surface area contributed by atoms with Crippen LogP contribution in [0.2, 0.25) is 0 Å². The number of rotatable bonds is 9. The number of likely N-dealkylation sites (N-methyl/N-ethyl adjacent to an activating group) is 1. The number of ether oxygens (including phenoxy) is 1. The Morgan fingerprint density at radius 2 is 2.21 bits per heavy atom. The molecular formula is C13H23N3O2S. The van der Waals surface area contributed by atoms with Crippen molar-refractivity contribution in [1.82, 2.24) is 9.88 Å². The third kappa shape index (κ3) is 6.02. The van der Waals surface area contributed by atoms with E-state index in [9.17, 15) is 4.79 Å². The normalized spacial score (nSPS) is 10.7. The molecule has 0 aliphatic heterocycles. The van der Waals surface area contributed by atoms with Gasteiger partial charge in [-0.3, -0.25) is 4.79 Å². The van der Waals surface area contributed by atoms with E-state index in [0.29, 0.717) is 12.8 Å². The lowest BCUT2D eigenvalue weighted by molar-refractivity contribution is -0.140. The number of carbonyl (C=O) groups is 1. The molecule has 0 aromatic carbocycles. The van der Waals surface area contributed by atoms with Crippen molar-refractivity contribution < 1.29 is 9.53 Å². The van der Waals surface area contributed by atoms with Gasteiger partial charge in [-0.25, -0.2) is 4.98 Å². The molecule has 0 radical (unpaired) electrons. The molecule has 6 heteroatoms. The highest BCUT2D eigenvalue weighted by atomic mass is 32.1. The van der Waals surface area contributed by atoms with Crippen LogP contribution in [0, 0.1) is 0 Å². The Balaban J connectivity index is 2.28. The second-order valence-electron chi connectivity index (χ2n) is 4.17. The molecule has 0 atom stereocenters. The van der Waals surface area contributed by atoms with E-state index in [1.165, 1.54) is 7.11 Å². The summed E-state index contributed by atoms with van der Waals surface area (Å²) >= 11 is 1.58. The smallest absolute Gasteiger partial charge is 0.305 e. The minimum atomic E-state index is -0.191. The van der Waals surface area contributed by atoms with Gasteiger partial charge in [0.25, 0.3) is 0 Å². The monoisotopic (exact) mass is 285 g/mol. The molecule has 108 valence electrons. The highest BCUT2D eigenvalue weighted by molar-refractivity contribution is 7.13. The number of aryl methyl sites for hydroxylation is 1. The lowest BCUT2D eigenvalue weighted by atomic mass is 10.2. The van der Waals surface area contributed by atoms with Crippen LogP contribution in [0.1, 0.15) is 26.0 Å². The van der Waals surface area contributed by atoms with E-state index in [0.717, 1.165) is 37.0 Å². The number of carbonyl (C=O) groups excluding carboxylic acids is 1. The Morgan fingerprint density at radius 3 is 2.84 bits per heavy atom. The maximum Gasteiger partial charge on any atom is 0.305 e. The zero-order chi connectivity index (χ0) is 14.1. The van der Waals surface area contributed by atoms with Crippen LogP contribution in [0.5, 0.6) is 0 Å². The van der Waals surface area contributed by atoms with Crippen molar-refractivity contribution in [2.45, 2.75) is 26.7 Å². The summed E-state index contributed by atoms with van der Waals surface area (Å²) in [5.74, 6) is -0.191. The summed E-state index contributed by atoms with van der Waals surface area (Å²) < 4.78 is 4.61. The number of nitrogens with one attached hydrogen (secondary N) is 1. The van der Waals surface area contributed by atoms with Gasteiger partial charge >= 0.3 is 5.97 Å². The van der Waals surface area contributed by atoms with Gasteiger partial charge in [-0.2, -0.15) is 0 Å². The summed E-state index contributed by atoms with van der Waals surface area (Å²) in [5.41, 5.74) is 0.945. The van der Waals surface area contributed by atoms with Crippen LogP contribution in [0.25, 0.3) is 0 Å². The molecule has 0 saturated heterocycles. The molecule has 1 rings (SSSR count). The number of aromatic nitrogens is 1. The SMILES string of the molecule is CCN(CC)CCNc1nc(CCC(=O)OC)cs1. The van der Waals surface area contributed by atoms with Crippen molar-refractivity contribution in [3.63, 3.8) is 0 Å². The van der Waals surface area contributed by atoms with Crippen molar-refractivity contribution >= 4 is 22.4 Å². The van der Waals surface area contributed by atoms with Crippen molar-refractivity contribution in [3.8, 4) is 0 Å². The quantitative estimate of drug-likeness (QED) is 0.703. The summed E-state index contributed by atoms with van der Waals surface area (Å²) in [6.45, 7) is 8.38. The number of nitrogens with zero attached hydrogens (tertiary/aromatic N) is 2. The van der Waals surface area contributed by atoms with Crippen LogP contribution in [0.4, 0.5) is 5.13 Å². The van der Waals surface area contributed by atoms with Crippen molar-refractivity contribution in [3.05, 3.63) is 11.1 Å². The van der Waals surface area contributed by atoms with E-state index in [4.69, 9.17) is 0 Å². The van der Waals surface area contributed by atoms with Crippen LogP contribution in [0.15, 0.2) is 5.38 Å². The molecule has 0 saturated carbocycles. The molecule has 0 aliphatic rings. The fourth-order valence-corrected chi connectivity index (χ4v) is 2.47. The molecule has 0 aliphatic carbocycles. The Labute approximate surface area is 119 Å². The molecular weight excluding hydrogens is 262 g/mol. The maximum absolute atomic E-state index is 11.0. The third-order valence-electron chi connectivity index (χ3n) is 2.96. The van der Waals surface area contributed by atoms with Gasteiger partial charge in [-0.1, -0.05) is 13.8 Å². The summed E-state index contributed by atoms with van der Waals surface area (Å²) in [7, 11) is 1.41. The highest BCUT2D eigenvalue weighted by Crippen LogP contribution is 2.16. The molecule has 1 N–H and O–H groups in total. The van der Waals surface area contributed by atoms with Crippen LogP contribution in [-0.4, -0.2) is 49.1 Å². The Hall–Kier alpha value is -1.14. The molecule has 5 nitrogen and oxygen atoms in total. The number of methoxy groups -OCH3 is 1. The summed E-state index contributed by atoms with van der Waals surface area (Å²) in [4.78, 5) is 17.8. The molecule has 1 aromatic rings. The number of hydrogen-bond donors (Lipinski definition) is 1. The standard InChI is InChI=1S/C13H23N3O2S/c1-4-16(5-2)9-8-14-13-15-11(10-19-13)6-7-12(17)18-3/h10H,4-9H2,1-3H3,(H,14,15). The van der Waals surface area contributed by atoms with Gasteiger partial charge in [0.15, 0.2) is 5.13 Å². The van der Waals surface area contributed by atoms with E-state index in [2.05, 4.69) is 33.8 Å². The van der Waals surface area contributed by atoms with Crippen molar-refractivity contribution in [2.24, 2.45) is 0 Å². The Kier molecular flexibility index (Phi) is 7.43. The molecule has 1 heterocycles. The van der Waals surface area contributed by atoms with E-state index >= 15 is 0 Å². The Bertz CT molecular complexity index is 378. The van der Waals surface area contributed by atoms with Gasteiger partial charge in [0.1, 0.15) is 0 Å².